The van der Waals surface area contributed by atoms with Gasteiger partial charge in [0.1, 0.15) is 5.69 Å². The molecule has 2 atom stereocenters. The van der Waals surface area contributed by atoms with Crippen LogP contribution in [0.3, 0.4) is 0 Å². The van der Waals surface area contributed by atoms with Gasteiger partial charge in [0.2, 0.25) is 0 Å². The number of hydrogen-bond donors (Lipinski definition) is 2. The van der Waals surface area contributed by atoms with Crippen molar-refractivity contribution in [3.8, 4) is 0 Å². The molecule has 6 heterocycles. The molecule has 2 aromatic heterocycles. The molecule has 12 heteroatoms. The molecule has 2 fully saturated rings. The number of fused-ring (bicyclic) bond motifs is 2. The number of aromatic amines is 1. The van der Waals surface area contributed by atoms with Crippen molar-refractivity contribution >= 4 is 80.5 Å². The molecule has 3 aromatic carbocycles. The van der Waals surface area contributed by atoms with Gasteiger partial charge < -0.3 is 29.7 Å². The van der Waals surface area contributed by atoms with E-state index >= 15 is 0 Å². The molecule has 0 bridgehead atoms. The highest BCUT2D eigenvalue weighted by Gasteiger charge is 2.40. The van der Waals surface area contributed by atoms with E-state index in [1.54, 1.807) is 12.3 Å². The molecule has 55 heavy (non-hydrogen) atoms. The van der Waals surface area contributed by atoms with Gasteiger partial charge in [-0.25, -0.2) is 9.78 Å². The van der Waals surface area contributed by atoms with Crippen molar-refractivity contribution in [2.75, 3.05) is 36.5 Å². The van der Waals surface area contributed by atoms with Crippen LogP contribution in [-0.2, 0) is 4.74 Å². The van der Waals surface area contributed by atoms with Crippen LogP contribution >= 0.6 is 34.8 Å². The fourth-order valence-electron chi connectivity index (χ4n) is 8.82. The van der Waals surface area contributed by atoms with Crippen molar-refractivity contribution in [3.05, 3.63) is 134 Å². The first-order valence-corrected chi connectivity index (χ1v) is 19.9. The Labute approximate surface area is 334 Å². The number of hydrogen-bond acceptors (Lipinski definition) is 6. The van der Waals surface area contributed by atoms with E-state index in [1.165, 1.54) is 0 Å². The van der Waals surface area contributed by atoms with Crippen molar-refractivity contribution in [2.45, 2.75) is 44.7 Å². The Morgan fingerprint density at radius 1 is 0.945 bits per heavy atom. The fraction of sp³-hybridized carbons (Fsp3) is 0.279. The number of nitrogens with zero attached hydrogens (tertiary/aromatic N) is 4. The number of nitrogens with one attached hydrogen (secondary N) is 2. The number of amides is 2. The summed E-state index contributed by atoms with van der Waals surface area (Å²) in [5.41, 5.74) is 7.52. The molecule has 2 N–H and O–H groups in total. The van der Waals surface area contributed by atoms with Crippen LogP contribution in [0.5, 0.6) is 0 Å². The van der Waals surface area contributed by atoms with E-state index in [2.05, 4.69) is 51.4 Å². The average molecular weight is 794 g/mol. The molecular formula is C43H39Cl3N6O3. The molecule has 0 radical (unpaired) electrons. The van der Waals surface area contributed by atoms with E-state index in [-0.39, 0.29) is 30.0 Å². The summed E-state index contributed by atoms with van der Waals surface area (Å²) >= 11 is 20.3. The first-order valence-electron chi connectivity index (χ1n) is 18.8. The minimum Gasteiger partial charge on any atom is -0.449 e. The lowest BCUT2D eigenvalue weighted by atomic mass is 9.82. The maximum atomic E-state index is 14.9. The number of piperidine rings is 1. The second-order valence-corrected chi connectivity index (χ2v) is 15.9. The zero-order valence-electron chi connectivity index (χ0n) is 30.2. The number of H-pyrrole nitrogens is 1. The lowest BCUT2D eigenvalue weighted by Gasteiger charge is -2.40. The Bertz CT molecular complexity index is 2390. The largest absolute Gasteiger partial charge is 0.449 e. The molecule has 2 amide bonds. The Morgan fingerprint density at radius 3 is 2.55 bits per heavy atom. The van der Waals surface area contributed by atoms with Gasteiger partial charge in [-0.05, 0) is 90.3 Å². The SMILES string of the molecule is CC1CC=CN2C(=C1c1ccccc1)c1c(C(=O)Nc3cccnc3N3CCC(N4CCCOC4=O)CC3)[nH]c3cc(Cl)cc(c13)C2c1ccc(Cl)cc1Cl. The minimum atomic E-state index is -0.361. The van der Waals surface area contributed by atoms with Crippen LogP contribution in [0, 0.1) is 5.92 Å². The van der Waals surface area contributed by atoms with Crippen molar-refractivity contribution in [3.63, 3.8) is 0 Å². The molecule has 0 aliphatic carbocycles. The van der Waals surface area contributed by atoms with Crippen LogP contribution in [0.1, 0.15) is 71.4 Å². The average Bonchev–Trinajstić information content (AvgIpc) is 3.48. The van der Waals surface area contributed by atoms with Crippen LogP contribution in [0.2, 0.25) is 15.1 Å². The normalized spacial score (nSPS) is 20.1. The number of cyclic esters (lactones) is 1. The number of anilines is 2. The van der Waals surface area contributed by atoms with E-state index in [0.717, 1.165) is 76.7 Å². The summed E-state index contributed by atoms with van der Waals surface area (Å²) in [7, 11) is 0. The van der Waals surface area contributed by atoms with E-state index < -0.39 is 0 Å². The third-order valence-corrected chi connectivity index (χ3v) is 12.1. The molecule has 9 nitrogen and oxygen atoms in total. The van der Waals surface area contributed by atoms with Crippen molar-refractivity contribution in [1.82, 2.24) is 19.8 Å². The molecule has 9 rings (SSSR count). The predicted octanol–water partition coefficient (Wildman–Crippen LogP) is 10.4. The maximum absolute atomic E-state index is 14.9. The Kier molecular flexibility index (Phi) is 9.48. The summed E-state index contributed by atoms with van der Waals surface area (Å²) in [4.78, 5) is 41.9. The lowest BCUT2D eigenvalue weighted by Crippen LogP contribution is -2.50. The summed E-state index contributed by atoms with van der Waals surface area (Å²) in [6.07, 6.45) is 9.04. The second kappa shape index (κ2) is 14.6. The molecule has 0 spiro atoms. The summed E-state index contributed by atoms with van der Waals surface area (Å²) in [5.74, 6) is 0.518. The summed E-state index contributed by atoms with van der Waals surface area (Å²) in [6, 6.07) is 23.3. The lowest BCUT2D eigenvalue weighted by molar-refractivity contribution is 0.0499. The molecule has 280 valence electrons. The number of allylic oxidation sites excluding steroid dienone is 2. The molecule has 2 unspecified atom stereocenters. The van der Waals surface area contributed by atoms with Gasteiger partial charge in [-0.15, -0.1) is 0 Å². The molecule has 4 aliphatic heterocycles. The van der Waals surface area contributed by atoms with Crippen LogP contribution in [0.4, 0.5) is 16.3 Å². The molecule has 5 aromatic rings. The van der Waals surface area contributed by atoms with Gasteiger partial charge in [0.15, 0.2) is 5.82 Å². The number of pyridine rings is 1. The first-order chi connectivity index (χ1) is 26.8. The second-order valence-electron chi connectivity index (χ2n) is 14.6. The number of benzene rings is 3. The summed E-state index contributed by atoms with van der Waals surface area (Å²) < 4.78 is 5.32. The summed E-state index contributed by atoms with van der Waals surface area (Å²) in [6.45, 7) is 4.81. The first kappa shape index (κ1) is 35.7. The van der Waals surface area contributed by atoms with Crippen LogP contribution < -0.4 is 10.2 Å². The van der Waals surface area contributed by atoms with Gasteiger partial charge >= 0.3 is 6.09 Å². The Morgan fingerprint density at radius 2 is 1.76 bits per heavy atom. The van der Waals surface area contributed by atoms with E-state index in [0.29, 0.717) is 52.0 Å². The smallest absolute Gasteiger partial charge is 0.410 e. The van der Waals surface area contributed by atoms with Crippen LogP contribution in [0.25, 0.3) is 22.2 Å². The number of carbonyl (C=O) groups is 2. The van der Waals surface area contributed by atoms with Gasteiger partial charge in [-0.3, -0.25) is 4.79 Å². The van der Waals surface area contributed by atoms with E-state index in [9.17, 15) is 9.59 Å². The molecule has 4 aliphatic rings. The van der Waals surface area contributed by atoms with Gasteiger partial charge in [-0.1, -0.05) is 84.2 Å². The minimum absolute atomic E-state index is 0.115. The van der Waals surface area contributed by atoms with Gasteiger partial charge in [0.05, 0.1) is 24.0 Å². The molecule has 2 saturated heterocycles. The number of rotatable bonds is 6. The molecular weight excluding hydrogens is 755 g/mol. The van der Waals surface area contributed by atoms with E-state index in [1.807, 2.05) is 59.5 Å². The standard InChI is InChI=1S/C43H39Cl3N6O3/c1-25-8-6-17-52-39(30-13-12-27(44)23-32(30)46)31-22-28(45)24-34-36(31)37(40(52)35(25)26-9-3-2-4-10-26)38(48-34)42(53)49-33-11-5-16-47-41(33)50-19-14-29(15-20-50)51-18-7-21-55-43(51)54/h2-6,9-13,16-17,22-25,29,39,48H,7-8,14-15,18-21H2,1H3,(H,49,53). The topological polar surface area (TPSA) is 93.8 Å². The monoisotopic (exact) mass is 792 g/mol. The Hall–Kier alpha value is -4.96. The Balaban J connectivity index is 1.16. The van der Waals surface area contributed by atoms with Gasteiger partial charge in [-0.2, -0.15) is 0 Å². The van der Waals surface area contributed by atoms with Crippen LogP contribution in [-0.4, -0.2) is 64.1 Å². The predicted molar refractivity (Wildman–Crippen MR) is 220 cm³/mol. The third-order valence-electron chi connectivity index (χ3n) is 11.3. The highest BCUT2D eigenvalue weighted by atomic mass is 35.5. The summed E-state index contributed by atoms with van der Waals surface area (Å²) in [5, 5.41) is 5.79. The number of halogens is 3. The number of ether oxygens (including phenoxy) is 1. The van der Waals surface area contributed by atoms with Gasteiger partial charge in [0.25, 0.3) is 5.91 Å². The van der Waals surface area contributed by atoms with Crippen molar-refractivity contribution in [1.29, 1.82) is 0 Å². The zero-order valence-corrected chi connectivity index (χ0v) is 32.5. The van der Waals surface area contributed by atoms with Crippen molar-refractivity contribution in [2.24, 2.45) is 5.92 Å². The number of aromatic nitrogens is 2. The van der Waals surface area contributed by atoms with Crippen LogP contribution in [0.15, 0.2) is 91.3 Å². The highest BCUT2D eigenvalue weighted by molar-refractivity contribution is 6.35. The van der Waals surface area contributed by atoms with Crippen molar-refractivity contribution < 1.29 is 14.3 Å². The highest BCUT2D eigenvalue weighted by Crippen LogP contribution is 2.53. The third kappa shape index (κ3) is 6.42. The zero-order chi connectivity index (χ0) is 37.8. The fourth-order valence-corrected chi connectivity index (χ4v) is 9.56. The number of carbonyl (C=O) groups excluding carboxylic acids is 2. The quantitative estimate of drug-likeness (QED) is 0.178. The molecule has 0 saturated carbocycles. The van der Waals surface area contributed by atoms with E-state index in [4.69, 9.17) is 44.5 Å². The maximum Gasteiger partial charge on any atom is 0.410 e. The van der Waals surface area contributed by atoms with Gasteiger partial charge in [0, 0.05) is 69.6 Å².